The number of ether oxygens (including phenoxy) is 2. The Labute approximate surface area is 93.9 Å². The smallest absolute Gasteiger partial charge is 0.135 e. The third kappa shape index (κ3) is 1.77. The van der Waals surface area contributed by atoms with Crippen molar-refractivity contribution in [3.05, 3.63) is 29.5 Å². The van der Waals surface area contributed by atoms with E-state index in [1.54, 1.807) is 14.2 Å². The summed E-state index contributed by atoms with van der Waals surface area (Å²) in [7, 11) is 3.29. The zero-order valence-corrected chi connectivity index (χ0v) is 9.45. The summed E-state index contributed by atoms with van der Waals surface area (Å²) in [5, 5.41) is 1.00. The lowest BCUT2D eigenvalue weighted by molar-refractivity contribution is 0.184. The number of nitrogens with two attached hydrogens (primary N) is 1. The van der Waals surface area contributed by atoms with Crippen molar-refractivity contribution in [1.29, 1.82) is 0 Å². The number of benzene rings is 1. The molecule has 0 fully saturated rings. The largest absolute Gasteiger partial charge is 0.497 e. The van der Waals surface area contributed by atoms with Crippen molar-refractivity contribution < 1.29 is 13.9 Å². The first-order valence-corrected chi connectivity index (χ1v) is 5.07. The Hall–Kier alpha value is -1.52. The van der Waals surface area contributed by atoms with E-state index in [0.717, 1.165) is 28.0 Å². The van der Waals surface area contributed by atoms with E-state index in [1.807, 2.05) is 18.2 Å². The minimum Gasteiger partial charge on any atom is -0.497 e. The normalized spacial score (nSPS) is 10.9. The molecule has 0 amide bonds. The third-order valence-electron chi connectivity index (χ3n) is 2.56. The molecule has 2 N–H and O–H groups in total. The molecule has 4 nitrogen and oxygen atoms in total. The summed E-state index contributed by atoms with van der Waals surface area (Å²) in [6, 6.07) is 5.68. The molecule has 0 bridgehead atoms. The fourth-order valence-electron chi connectivity index (χ4n) is 1.77. The molecule has 1 heterocycles. The molecular weight excluding hydrogens is 206 g/mol. The maximum atomic E-state index is 5.64. The van der Waals surface area contributed by atoms with Crippen molar-refractivity contribution >= 4 is 11.0 Å². The lowest BCUT2D eigenvalue weighted by Gasteiger charge is -2.01. The summed E-state index contributed by atoms with van der Waals surface area (Å²) in [6.07, 6.45) is 0. The van der Waals surface area contributed by atoms with Gasteiger partial charge in [0.15, 0.2) is 0 Å². The Morgan fingerprint density at radius 3 is 2.75 bits per heavy atom. The van der Waals surface area contributed by atoms with Crippen LogP contribution in [0.3, 0.4) is 0 Å². The molecule has 0 unspecified atom stereocenters. The second-order valence-corrected chi connectivity index (χ2v) is 3.50. The van der Waals surface area contributed by atoms with E-state index in [-0.39, 0.29) is 0 Å². The highest BCUT2D eigenvalue weighted by Gasteiger charge is 2.13. The Morgan fingerprint density at radius 2 is 2.12 bits per heavy atom. The van der Waals surface area contributed by atoms with Crippen molar-refractivity contribution in [2.24, 2.45) is 5.73 Å². The molecule has 0 atom stereocenters. The van der Waals surface area contributed by atoms with Gasteiger partial charge in [0, 0.05) is 18.1 Å². The van der Waals surface area contributed by atoms with E-state index in [2.05, 4.69) is 0 Å². The summed E-state index contributed by atoms with van der Waals surface area (Å²) >= 11 is 0. The van der Waals surface area contributed by atoms with Crippen LogP contribution in [-0.4, -0.2) is 14.2 Å². The van der Waals surface area contributed by atoms with E-state index < -0.39 is 0 Å². The van der Waals surface area contributed by atoms with Gasteiger partial charge in [0.2, 0.25) is 0 Å². The van der Waals surface area contributed by atoms with Crippen LogP contribution in [0, 0.1) is 0 Å². The summed E-state index contributed by atoms with van der Waals surface area (Å²) in [6.45, 7) is 0.863. The lowest BCUT2D eigenvalue weighted by Crippen LogP contribution is -1.99. The van der Waals surface area contributed by atoms with Gasteiger partial charge in [-0.25, -0.2) is 0 Å². The highest BCUT2D eigenvalue weighted by molar-refractivity contribution is 5.83. The van der Waals surface area contributed by atoms with E-state index in [4.69, 9.17) is 19.6 Å². The van der Waals surface area contributed by atoms with Crippen LogP contribution in [0.25, 0.3) is 11.0 Å². The van der Waals surface area contributed by atoms with Crippen LogP contribution < -0.4 is 10.5 Å². The average Bonchev–Trinajstić information content (AvgIpc) is 2.67. The van der Waals surface area contributed by atoms with Crippen molar-refractivity contribution in [3.63, 3.8) is 0 Å². The summed E-state index contributed by atoms with van der Waals surface area (Å²) < 4.78 is 16.0. The predicted molar refractivity (Wildman–Crippen MR) is 61.4 cm³/mol. The maximum absolute atomic E-state index is 5.64. The molecule has 0 aliphatic carbocycles. The van der Waals surface area contributed by atoms with Crippen molar-refractivity contribution in [2.75, 3.05) is 14.2 Å². The van der Waals surface area contributed by atoms with Crippen LogP contribution in [-0.2, 0) is 17.9 Å². The first-order chi connectivity index (χ1) is 7.80. The Kier molecular flexibility index (Phi) is 3.12. The van der Waals surface area contributed by atoms with Crippen LogP contribution in [0.5, 0.6) is 5.75 Å². The van der Waals surface area contributed by atoms with Gasteiger partial charge in [-0.1, -0.05) is 0 Å². The Morgan fingerprint density at radius 1 is 1.31 bits per heavy atom. The lowest BCUT2D eigenvalue weighted by atomic mass is 10.1. The maximum Gasteiger partial charge on any atom is 0.135 e. The van der Waals surface area contributed by atoms with Gasteiger partial charge < -0.3 is 19.6 Å². The molecule has 0 saturated heterocycles. The van der Waals surface area contributed by atoms with Gasteiger partial charge in [-0.3, -0.25) is 0 Å². The Balaban J connectivity index is 2.60. The monoisotopic (exact) mass is 221 g/mol. The zero-order valence-electron chi connectivity index (χ0n) is 9.45. The number of fused-ring (bicyclic) bond motifs is 1. The Bertz CT molecular complexity index is 490. The van der Waals surface area contributed by atoms with E-state index in [0.29, 0.717) is 13.2 Å². The second kappa shape index (κ2) is 4.55. The molecule has 86 valence electrons. The molecular formula is C12H15NO3. The number of hydrogen-bond donors (Lipinski definition) is 1. The molecule has 0 aliphatic rings. The minimum atomic E-state index is 0.371. The number of methoxy groups -OCH3 is 2. The first-order valence-electron chi connectivity index (χ1n) is 5.07. The van der Waals surface area contributed by atoms with Gasteiger partial charge in [-0.05, 0) is 18.2 Å². The molecule has 0 spiro atoms. The summed E-state index contributed by atoms with van der Waals surface area (Å²) in [4.78, 5) is 0. The van der Waals surface area contributed by atoms with Gasteiger partial charge in [0.1, 0.15) is 17.1 Å². The first kappa shape index (κ1) is 11.0. The molecule has 2 aromatic rings. The van der Waals surface area contributed by atoms with Crippen molar-refractivity contribution in [3.8, 4) is 5.75 Å². The molecule has 0 saturated carbocycles. The van der Waals surface area contributed by atoms with Gasteiger partial charge >= 0.3 is 0 Å². The van der Waals surface area contributed by atoms with Crippen molar-refractivity contribution in [1.82, 2.24) is 0 Å². The molecule has 16 heavy (non-hydrogen) atoms. The summed E-state index contributed by atoms with van der Waals surface area (Å²) in [5.41, 5.74) is 7.45. The minimum absolute atomic E-state index is 0.371. The van der Waals surface area contributed by atoms with Crippen LogP contribution in [0.15, 0.2) is 22.6 Å². The quantitative estimate of drug-likeness (QED) is 0.858. The SMILES string of the molecule is COCc1c(CN)oc2ccc(OC)cc12. The van der Waals surface area contributed by atoms with Gasteiger partial charge in [0.25, 0.3) is 0 Å². The van der Waals surface area contributed by atoms with Crippen LogP contribution in [0.2, 0.25) is 0 Å². The van der Waals surface area contributed by atoms with E-state index >= 15 is 0 Å². The number of rotatable bonds is 4. The van der Waals surface area contributed by atoms with Gasteiger partial charge in [0.05, 0.1) is 20.3 Å². The van der Waals surface area contributed by atoms with Crippen LogP contribution >= 0.6 is 0 Å². The van der Waals surface area contributed by atoms with Crippen LogP contribution in [0.1, 0.15) is 11.3 Å². The zero-order chi connectivity index (χ0) is 11.5. The standard InChI is InChI=1S/C12H15NO3/c1-14-7-10-9-5-8(15-2)3-4-11(9)16-12(10)6-13/h3-5H,6-7,13H2,1-2H3. The third-order valence-corrected chi connectivity index (χ3v) is 2.56. The van der Waals surface area contributed by atoms with Gasteiger partial charge in [-0.15, -0.1) is 0 Å². The highest BCUT2D eigenvalue weighted by Crippen LogP contribution is 2.29. The number of hydrogen-bond acceptors (Lipinski definition) is 4. The fraction of sp³-hybridized carbons (Fsp3) is 0.333. The summed E-state index contributed by atoms with van der Waals surface area (Å²) in [5.74, 6) is 1.57. The van der Waals surface area contributed by atoms with Gasteiger partial charge in [-0.2, -0.15) is 0 Å². The van der Waals surface area contributed by atoms with Crippen LogP contribution in [0.4, 0.5) is 0 Å². The van der Waals surface area contributed by atoms with E-state index in [9.17, 15) is 0 Å². The number of furan rings is 1. The molecule has 4 heteroatoms. The molecule has 1 aromatic heterocycles. The van der Waals surface area contributed by atoms with Crippen molar-refractivity contribution in [2.45, 2.75) is 13.2 Å². The molecule has 1 aromatic carbocycles. The highest BCUT2D eigenvalue weighted by atomic mass is 16.5. The average molecular weight is 221 g/mol. The molecule has 0 aliphatic heterocycles. The second-order valence-electron chi connectivity index (χ2n) is 3.50. The fourth-order valence-corrected chi connectivity index (χ4v) is 1.77. The predicted octanol–water partition coefficient (Wildman–Crippen LogP) is 2.05. The molecule has 2 rings (SSSR count). The van der Waals surface area contributed by atoms with E-state index in [1.165, 1.54) is 0 Å². The molecule has 0 radical (unpaired) electrons. The topological polar surface area (TPSA) is 57.6 Å².